The standard InChI is InChI=1S/C17H15FN4S/c1-11-2-5-14(8-15(11)18)13-6-3-12(4-7-13)9-20-22-17-21-16(19)10-23-17/h2-10H,19H2,1H3,(H,21,22). The third-order valence-corrected chi connectivity index (χ3v) is 4.08. The monoisotopic (exact) mass is 326 g/mol. The van der Waals surface area contributed by atoms with Gasteiger partial charge in [-0.2, -0.15) is 5.10 Å². The SMILES string of the molecule is Cc1ccc(-c2ccc(C=NNc3nc(N)cs3)cc2)cc1F. The highest BCUT2D eigenvalue weighted by atomic mass is 32.1. The molecule has 4 nitrogen and oxygen atoms in total. The second-order valence-electron chi connectivity index (χ2n) is 5.03. The third-order valence-electron chi connectivity index (χ3n) is 3.31. The van der Waals surface area contributed by atoms with Crippen LogP contribution in [0.15, 0.2) is 52.9 Å². The van der Waals surface area contributed by atoms with Crippen molar-refractivity contribution in [3.05, 3.63) is 64.8 Å². The highest BCUT2D eigenvalue weighted by Crippen LogP contribution is 2.22. The minimum atomic E-state index is -0.194. The van der Waals surface area contributed by atoms with E-state index in [1.807, 2.05) is 30.3 Å². The van der Waals surface area contributed by atoms with Crippen molar-refractivity contribution in [3.8, 4) is 11.1 Å². The van der Waals surface area contributed by atoms with Gasteiger partial charge in [-0.1, -0.05) is 36.4 Å². The van der Waals surface area contributed by atoms with Gasteiger partial charge in [0.15, 0.2) is 0 Å². The molecule has 0 aliphatic heterocycles. The van der Waals surface area contributed by atoms with Crippen LogP contribution < -0.4 is 11.2 Å². The van der Waals surface area contributed by atoms with Gasteiger partial charge in [-0.3, -0.25) is 5.43 Å². The zero-order chi connectivity index (χ0) is 16.2. The van der Waals surface area contributed by atoms with E-state index >= 15 is 0 Å². The summed E-state index contributed by atoms with van der Waals surface area (Å²) >= 11 is 1.39. The zero-order valence-electron chi connectivity index (χ0n) is 12.5. The average Bonchev–Trinajstić information content (AvgIpc) is 2.96. The van der Waals surface area contributed by atoms with E-state index < -0.39 is 0 Å². The topological polar surface area (TPSA) is 63.3 Å². The number of nitrogen functional groups attached to an aromatic ring is 1. The Morgan fingerprint density at radius 3 is 2.57 bits per heavy atom. The first-order valence-electron chi connectivity index (χ1n) is 6.98. The highest BCUT2D eigenvalue weighted by molar-refractivity contribution is 7.14. The Kier molecular flexibility index (Phi) is 4.34. The lowest BCUT2D eigenvalue weighted by Crippen LogP contribution is -1.91. The number of nitrogens with zero attached hydrogens (tertiary/aromatic N) is 2. The molecule has 0 amide bonds. The van der Waals surface area contributed by atoms with Gasteiger partial charge >= 0.3 is 0 Å². The fraction of sp³-hybridized carbons (Fsp3) is 0.0588. The number of rotatable bonds is 4. The largest absolute Gasteiger partial charge is 0.383 e. The molecule has 0 aliphatic rings. The fourth-order valence-corrected chi connectivity index (χ4v) is 2.58. The molecule has 0 saturated heterocycles. The van der Waals surface area contributed by atoms with Crippen molar-refractivity contribution in [2.24, 2.45) is 5.10 Å². The van der Waals surface area contributed by atoms with Crippen LogP contribution in [-0.4, -0.2) is 11.2 Å². The predicted octanol–water partition coefficient (Wildman–Crippen LogP) is 4.29. The molecule has 3 N–H and O–H groups in total. The Morgan fingerprint density at radius 2 is 1.91 bits per heavy atom. The van der Waals surface area contributed by atoms with Gasteiger partial charge < -0.3 is 5.73 Å². The van der Waals surface area contributed by atoms with Crippen LogP contribution in [0.4, 0.5) is 15.3 Å². The van der Waals surface area contributed by atoms with E-state index in [1.54, 1.807) is 30.7 Å². The van der Waals surface area contributed by atoms with E-state index in [9.17, 15) is 4.39 Å². The number of hydrogen-bond acceptors (Lipinski definition) is 5. The summed E-state index contributed by atoms with van der Waals surface area (Å²) in [5.74, 6) is 0.280. The van der Waals surface area contributed by atoms with Crippen LogP contribution in [0.3, 0.4) is 0 Å². The number of aryl methyl sites for hydroxylation is 1. The quantitative estimate of drug-likeness (QED) is 0.555. The van der Waals surface area contributed by atoms with Gasteiger partial charge in [0.2, 0.25) is 5.13 Å². The maximum Gasteiger partial charge on any atom is 0.205 e. The summed E-state index contributed by atoms with van der Waals surface area (Å²) in [4.78, 5) is 4.05. The second-order valence-corrected chi connectivity index (χ2v) is 5.89. The van der Waals surface area contributed by atoms with Crippen molar-refractivity contribution in [1.82, 2.24) is 4.98 Å². The zero-order valence-corrected chi connectivity index (χ0v) is 13.3. The van der Waals surface area contributed by atoms with E-state index in [2.05, 4.69) is 15.5 Å². The molecular formula is C17H15FN4S. The summed E-state index contributed by atoms with van der Waals surface area (Å²) in [6.07, 6.45) is 1.69. The van der Waals surface area contributed by atoms with Gasteiger partial charge in [-0.05, 0) is 35.2 Å². The van der Waals surface area contributed by atoms with Gasteiger partial charge in [0.1, 0.15) is 11.6 Å². The molecule has 0 unspecified atom stereocenters. The smallest absolute Gasteiger partial charge is 0.205 e. The maximum atomic E-state index is 13.6. The molecule has 0 spiro atoms. The molecule has 0 bridgehead atoms. The lowest BCUT2D eigenvalue weighted by Gasteiger charge is -2.04. The summed E-state index contributed by atoms with van der Waals surface area (Å²) < 4.78 is 13.6. The van der Waals surface area contributed by atoms with Crippen molar-refractivity contribution in [2.75, 3.05) is 11.2 Å². The maximum absolute atomic E-state index is 13.6. The van der Waals surface area contributed by atoms with Crippen LogP contribution in [0.1, 0.15) is 11.1 Å². The van der Waals surface area contributed by atoms with Crippen LogP contribution in [0, 0.1) is 12.7 Å². The summed E-state index contributed by atoms with van der Waals surface area (Å²) in [6.45, 7) is 1.75. The number of aromatic nitrogens is 1. The fourth-order valence-electron chi connectivity index (χ4n) is 2.03. The molecule has 0 fully saturated rings. The van der Waals surface area contributed by atoms with Gasteiger partial charge in [0, 0.05) is 5.38 Å². The molecule has 0 radical (unpaired) electrons. The minimum Gasteiger partial charge on any atom is -0.383 e. The molecule has 3 aromatic rings. The molecular weight excluding hydrogens is 311 g/mol. The number of nitrogens with one attached hydrogen (secondary N) is 1. The van der Waals surface area contributed by atoms with Crippen LogP contribution >= 0.6 is 11.3 Å². The van der Waals surface area contributed by atoms with Crippen LogP contribution in [0.5, 0.6) is 0 Å². The lowest BCUT2D eigenvalue weighted by atomic mass is 10.0. The number of anilines is 2. The molecule has 0 aliphatic carbocycles. The number of hydrogen-bond donors (Lipinski definition) is 2. The highest BCUT2D eigenvalue weighted by Gasteiger charge is 2.02. The summed E-state index contributed by atoms with van der Waals surface area (Å²) in [7, 11) is 0. The molecule has 2 aromatic carbocycles. The third kappa shape index (κ3) is 3.73. The van der Waals surface area contributed by atoms with Crippen LogP contribution in [-0.2, 0) is 0 Å². The van der Waals surface area contributed by atoms with E-state index in [0.717, 1.165) is 16.7 Å². The van der Waals surface area contributed by atoms with E-state index in [-0.39, 0.29) is 5.82 Å². The first kappa shape index (κ1) is 15.2. The number of halogens is 1. The van der Waals surface area contributed by atoms with Crippen LogP contribution in [0.2, 0.25) is 0 Å². The second kappa shape index (κ2) is 6.58. The number of hydrazone groups is 1. The molecule has 6 heteroatoms. The average molecular weight is 326 g/mol. The first-order valence-corrected chi connectivity index (χ1v) is 7.86. The van der Waals surface area contributed by atoms with E-state index in [1.165, 1.54) is 11.3 Å². The molecule has 1 aromatic heterocycles. The van der Waals surface area contributed by atoms with Gasteiger partial charge in [-0.15, -0.1) is 11.3 Å². The molecule has 116 valence electrons. The Bertz CT molecular complexity index is 840. The Hall–Kier alpha value is -2.73. The van der Waals surface area contributed by atoms with E-state index in [4.69, 9.17) is 5.73 Å². The number of thiazole rings is 1. The lowest BCUT2D eigenvalue weighted by molar-refractivity contribution is 0.619. The molecule has 23 heavy (non-hydrogen) atoms. The predicted molar refractivity (Wildman–Crippen MR) is 94.3 cm³/mol. The van der Waals surface area contributed by atoms with Crippen molar-refractivity contribution < 1.29 is 4.39 Å². The van der Waals surface area contributed by atoms with Crippen molar-refractivity contribution in [1.29, 1.82) is 0 Å². The van der Waals surface area contributed by atoms with Crippen LogP contribution in [0.25, 0.3) is 11.1 Å². The normalized spacial score (nSPS) is 11.0. The van der Waals surface area contributed by atoms with Crippen molar-refractivity contribution >= 4 is 28.5 Å². The first-order chi connectivity index (χ1) is 11.1. The van der Waals surface area contributed by atoms with Gasteiger partial charge in [0.25, 0.3) is 0 Å². The molecule has 0 saturated carbocycles. The Labute approximate surface area is 137 Å². The summed E-state index contributed by atoms with van der Waals surface area (Å²) in [5, 5.41) is 6.50. The van der Waals surface area contributed by atoms with E-state index in [0.29, 0.717) is 16.5 Å². The molecule has 0 atom stereocenters. The Morgan fingerprint density at radius 1 is 1.17 bits per heavy atom. The van der Waals surface area contributed by atoms with Crippen molar-refractivity contribution in [2.45, 2.75) is 6.92 Å². The van der Waals surface area contributed by atoms with Crippen molar-refractivity contribution in [3.63, 3.8) is 0 Å². The number of nitrogens with two attached hydrogens (primary N) is 1. The van der Waals surface area contributed by atoms with Gasteiger partial charge in [-0.25, -0.2) is 9.37 Å². The number of benzene rings is 2. The molecule has 3 rings (SSSR count). The molecule has 1 heterocycles. The summed E-state index contributed by atoms with van der Waals surface area (Å²) in [6, 6.07) is 13.0. The van der Waals surface area contributed by atoms with Gasteiger partial charge in [0.05, 0.1) is 6.21 Å². The minimum absolute atomic E-state index is 0.194. The summed E-state index contributed by atoms with van der Waals surface area (Å²) in [5.41, 5.74) is 11.7. The Balaban J connectivity index is 1.70.